The standard InChI is InChI=1S/C20H43N/c1-3-5-7-9-11-12-14-16-18-20(19-21)17-15-13-10-8-6-4-2/h20H,3-19,21H2,1-2H3/p+1. The highest BCUT2D eigenvalue weighted by Crippen LogP contribution is 2.18. The van der Waals surface area contributed by atoms with E-state index >= 15 is 0 Å². The van der Waals surface area contributed by atoms with Gasteiger partial charge in [0, 0.05) is 5.92 Å². The van der Waals surface area contributed by atoms with Gasteiger partial charge in [-0.05, 0) is 12.8 Å². The van der Waals surface area contributed by atoms with Gasteiger partial charge in [0.1, 0.15) is 0 Å². The molecule has 0 rings (SSSR count). The highest BCUT2D eigenvalue weighted by Gasteiger charge is 2.08. The highest BCUT2D eigenvalue weighted by atomic mass is 14.5. The van der Waals surface area contributed by atoms with E-state index in [2.05, 4.69) is 19.6 Å². The van der Waals surface area contributed by atoms with E-state index in [1.54, 1.807) is 0 Å². The fraction of sp³-hybridized carbons (Fsp3) is 1.00. The van der Waals surface area contributed by atoms with Gasteiger partial charge in [-0.3, -0.25) is 0 Å². The maximum Gasteiger partial charge on any atom is 0.0768 e. The van der Waals surface area contributed by atoms with E-state index < -0.39 is 0 Å². The van der Waals surface area contributed by atoms with Gasteiger partial charge in [0.2, 0.25) is 0 Å². The van der Waals surface area contributed by atoms with Crippen LogP contribution in [0.1, 0.15) is 117 Å². The van der Waals surface area contributed by atoms with Crippen LogP contribution >= 0.6 is 0 Å². The lowest BCUT2D eigenvalue weighted by molar-refractivity contribution is -0.379. The monoisotopic (exact) mass is 298 g/mol. The van der Waals surface area contributed by atoms with E-state index in [-0.39, 0.29) is 0 Å². The first-order valence-electron chi connectivity index (χ1n) is 10.1. The minimum atomic E-state index is 0.913. The quantitative estimate of drug-likeness (QED) is 0.313. The van der Waals surface area contributed by atoms with Crippen LogP contribution in [-0.4, -0.2) is 6.54 Å². The maximum absolute atomic E-state index is 4.16. The second-order valence-corrected chi connectivity index (χ2v) is 6.97. The molecule has 0 fully saturated rings. The molecule has 0 radical (unpaired) electrons. The fourth-order valence-corrected chi connectivity index (χ4v) is 3.21. The molecule has 3 N–H and O–H groups in total. The van der Waals surface area contributed by atoms with Crippen molar-refractivity contribution in [2.75, 3.05) is 6.54 Å². The van der Waals surface area contributed by atoms with Gasteiger partial charge in [-0.2, -0.15) is 0 Å². The Balaban J connectivity index is 3.28. The summed E-state index contributed by atoms with van der Waals surface area (Å²) >= 11 is 0. The minimum absolute atomic E-state index is 0.913. The average Bonchev–Trinajstić information content (AvgIpc) is 2.51. The minimum Gasteiger partial charge on any atom is -0.357 e. The molecule has 0 spiro atoms. The van der Waals surface area contributed by atoms with Gasteiger partial charge >= 0.3 is 0 Å². The summed E-state index contributed by atoms with van der Waals surface area (Å²) in [5.74, 6) is 0.913. The smallest absolute Gasteiger partial charge is 0.0768 e. The fourth-order valence-electron chi connectivity index (χ4n) is 3.21. The van der Waals surface area contributed by atoms with Crippen molar-refractivity contribution in [3.05, 3.63) is 0 Å². The van der Waals surface area contributed by atoms with Crippen molar-refractivity contribution < 1.29 is 5.73 Å². The van der Waals surface area contributed by atoms with Gasteiger partial charge in [-0.1, -0.05) is 104 Å². The van der Waals surface area contributed by atoms with Crippen LogP contribution in [0.3, 0.4) is 0 Å². The van der Waals surface area contributed by atoms with Crippen molar-refractivity contribution in [1.29, 1.82) is 0 Å². The molecule has 1 atom stereocenters. The van der Waals surface area contributed by atoms with Crippen molar-refractivity contribution in [1.82, 2.24) is 0 Å². The third kappa shape index (κ3) is 16.2. The van der Waals surface area contributed by atoms with Crippen LogP contribution in [0.4, 0.5) is 0 Å². The zero-order valence-electron chi connectivity index (χ0n) is 15.3. The summed E-state index contributed by atoms with van der Waals surface area (Å²) in [6, 6.07) is 0. The Morgan fingerprint density at radius 1 is 0.524 bits per heavy atom. The van der Waals surface area contributed by atoms with E-state index in [1.807, 2.05) is 0 Å². The third-order valence-electron chi connectivity index (χ3n) is 4.84. The van der Waals surface area contributed by atoms with Crippen molar-refractivity contribution in [2.45, 2.75) is 117 Å². The van der Waals surface area contributed by atoms with Crippen LogP contribution in [0.15, 0.2) is 0 Å². The zero-order chi connectivity index (χ0) is 15.6. The largest absolute Gasteiger partial charge is 0.357 e. The molecule has 0 aliphatic rings. The molecule has 1 unspecified atom stereocenters. The zero-order valence-corrected chi connectivity index (χ0v) is 15.3. The molecule has 0 bridgehead atoms. The van der Waals surface area contributed by atoms with Crippen molar-refractivity contribution >= 4 is 0 Å². The Hall–Kier alpha value is -0.0400. The van der Waals surface area contributed by atoms with E-state index in [0.29, 0.717) is 0 Å². The second-order valence-electron chi connectivity index (χ2n) is 6.97. The van der Waals surface area contributed by atoms with Crippen LogP contribution in [0, 0.1) is 5.92 Å². The molecule has 21 heavy (non-hydrogen) atoms. The highest BCUT2D eigenvalue weighted by molar-refractivity contribution is 4.59. The summed E-state index contributed by atoms with van der Waals surface area (Å²) in [4.78, 5) is 0. The lowest BCUT2D eigenvalue weighted by Gasteiger charge is -2.12. The summed E-state index contributed by atoms with van der Waals surface area (Å²) in [6.45, 7) is 5.75. The van der Waals surface area contributed by atoms with Gasteiger partial charge in [-0.15, -0.1) is 0 Å². The number of quaternary nitrogens is 1. The van der Waals surface area contributed by atoms with Crippen LogP contribution in [0.5, 0.6) is 0 Å². The normalized spacial score (nSPS) is 12.7. The molecular weight excluding hydrogens is 254 g/mol. The van der Waals surface area contributed by atoms with Crippen LogP contribution in [0.2, 0.25) is 0 Å². The van der Waals surface area contributed by atoms with Gasteiger partial charge < -0.3 is 5.73 Å². The lowest BCUT2D eigenvalue weighted by atomic mass is 9.94. The molecule has 0 aromatic rings. The van der Waals surface area contributed by atoms with E-state index in [4.69, 9.17) is 0 Å². The summed E-state index contributed by atoms with van der Waals surface area (Å²) in [6.07, 6.45) is 23.0. The van der Waals surface area contributed by atoms with E-state index in [0.717, 1.165) is 12.5 Å². The average molecular weight is 299 g/mol. The Morgan fingerprint density at radius 3 is 1.19 bits per heavy atom. The summed E-state index contributed by atoms with van der Waals surface area (Å²) in [7, 11) is 0. The van der Waals surface area contributed by atoms with Crippen LogP contribution in [0.25, 0.3) is 0 Å². The molecule has 0 aliphatic heterocycles. The van der Waals surface area contributed by atoms with E-state index in [1.165, 1.54) is 103 Å². The molecule has 1 nitrogen and oxygen atoms in total. The number of hydrogen-bond acceptors (Lipinski definition) is 0. The predicted octanol–water partition coefficient (Wildman–Crippen LogP) is 6.13. The summed E-state index contributed by atoms with van der Waals surface area (Å²) < 4.78 is 0. The lowest BCUT2D eigenvalue weighted by Crippen LogP contribution is -2.53. The SMILES string of the molecule is CCCCCCCCCCC(C[NH3+])CCCCCCCC. The van der Waals surface area contributed by atoms with Crippen LogP contribution in [-0.2, 0) is 0 Å². The molecule has 0 aromatic carbocycles. The topological polar surface area (TPSA) is 27.6 Å². The third-order valence-corrected chi connectivity index (χ3v) is 4.84. The molecule has 0 aliphatic carbocycles. The van der Waals surface area contributed by atoms with Gasteiger partial charge in [0.15, 0.2) is 0 Å². The summed E-state index contributed by atoms with van der Waals surface area (Å²) in [5, 5.41) is 0. The first kappa shape index (κ1) is 21.0. The molecule has 0 saturated heterocycles. The molecule has 0 aromatic heterocycles. The molecule has 0 heterocycles. The van der Waals surface area contributed by atoms with Crippen LogP contribution < -0.4 is 5.73 Å². The molecular formula is C20H44N+. The van der Waals surface area contributed by atoms with Crippen molar-refractivity contribution in [3.8, 4) is 0 Å². The summed E-state index contributed by atoms with van der Waals surface area (Å²) in [5.41, 5.74) is 4.16. The van der Waals surface area contributed by atoms with Gasteiger partial charge in [0.05, 0.1) is 6.54 Å². The van der Waals surface area contributed by atoms with Crippen molar-refractivity contribution in [3.63, 3.8) is 0 Å². The Morgan fingerprint density at radius 2 is 0.857 bits per heavy atom. The predicted molar refractivity (Wildman–Crippen MR) is 96.5 cm³/mol. The van der Waals surface area contributed by atoms with Gasteiger partial charge in [-0.25, -0.2) is 0 Å². The maximum atomic E-state index is 4.16. The molecule has 0 saturated carbocycles. The Kier molecular flexibility index (Phi) is 18.0. The van der Waals surface area contributed by atoms with Gasteiger partial charge in [0.25, 0.3) is 0 Å². The first-order chi connectivity index (χ1) is 10.3. The van der Waals surface area contributed by atoms with E-state index in [9.17, 15) is 0 Å². The first-order valence-corrected chi connectivity index (χ1v) is 10.1. The molecule has 1 heteroatoms. The molecule has 0 amide bonds. The number of rotatable bonds is 17. The Labute approximate surface area is 135 Å². The molecule has 128 valence electrons. The Bertz CT molecular complexity index is 179. The number of unbranched alkanes of at least 4 members (excludes halogenated alkanes) is 12. The van der Waals surface area contributed by atoms with Crippen molar-refractivity contribution in [2.24, 2.45) is 5.92 Å². The number of hydrogen-bond donors (Lipinski definition) is 1. The second kappa shape index (κ2) is 18.0.